The van der Waals surface area contributed by atoms with Gasteiger partial charge < -0.3 is 10.5 Å². The standard InChI is InChI=1S/C29H24FN3O5S2/c1-2-39(34,35)22-8-3-17(4-9-22)23-14-20-13-18(5-10-24(20)32-29(23)31)19-6-11-26-25(15-19)33-40(36,37)28-12-7-21(30)16-27(28)38-26/h3-16,33,36-37H,2H2,1H3,(H2,31,32). The predicted octanol–water partition coefficient (Wildman–Crippen LogP) is 7.33. The Kier molecular flexibility index (Phi) is 6.19. The van der Waals surface area contributed by atoms with Crippen molar-refractivity contribution < 1.29 is 26.7 Å². The summed E-state index contributed by atoms with van der Waals surface area (Å²) in [5.41, 5.74) is 10.3. The summed E-state index contributed by atoms with van der Waals surface area (Å²) in [6.45, 7) is 1.60. The number of ether oxygens (including phenoxy) is 1. The second-order valence-electron chi connectivity index (χ2n) is 9.31. The summed E-state index contributed by atoms with van der Waals surface area (Å²) < 4.78 is 68.3. The molecule has 11 heteroatoms. The van der Waals surface area contributed by atoms with Crippen LogP contribution in [0.2, 0.25) is 0 Å². The lowest BCUT2D eigenvalue weighted by Crippen LogP contribution is -2.08. The minimum atomic E-state index is -3.50. The fourth-order valence-electron chi connectivity index (χ4n) is 4.61. The normalized spacial score (nSPS) is 14.8. The van der Waals surface area contributed by atoms with Crippen molar-refractivity contribution in [1.82, 2.24) is 4.98 Å². The number of pyridine rings is 1. The molecule has 1 aliphatic heterocycles. The van der Waals surface area contributed by atoms with Gasteiger partial charge in [0.15, 0.2) is 21.3 Å². The van der Waals surface area contributed by atoms with Crippen molar-refractivity contribution in [3.8, 4) is 33.8 Å². The number of hydrogen-bond acceptors (Lipinski definition) is 8. The van der Waals surface area contributed by atoms with Crippen LogP contribution < -0.4 is 15.2 Å². The number of rotatable bonds is 4. The first-order chi connectivity index (χ1) is 19.0. The minimum absolute atomic E-state index is 0.0174. The van der Waals surface area contributed by atoms with Gasteiger partial charge in [0, 0.05) is 17.0 Å². The van der Waals surface area contributed by atoms with Crippen LogP contribution in [0.25, 0.3) is 33.2 Å². The molecule has 6 rings (SSSR count). The number of fused-ring (bicyclic) bond motifs is 3. The molecule has 0 aliphatic carbocycles. The first-order valence-electron chi connectivity index (χ1n) is 12.3. The number of nitrogen functional groups attached to an aromatic ring is 1. The zero-order valence-electron chi connectivity index (χ0n) is 21.1. The van der Waals surface area contributed by atoms with E-state index >= 15 is 0 Å². The average molecular weight is 578 g/mol. The second-order valence-corrected chi connectivity index (χ2v) is 13.3. The molecule has 0 bridgehead atoms. The molecule has 0 fully saturated rings. The van der Waals surface area contributed by atoms with Crippen LogP contribution in [-0.4, -0.2) is 28.3 Å². The van der Waals surface area contributed by atoms with Crippen LogP contribution in [0.4, 0.5) is 15.9 Å². The lowest BCUT2D eigenvalue weighted by atomic mass is 10.00. The highest BCUT2D eigenvalue weighted by atomic mass is 32.3. The Morgan fingerprint density at radius 3 is 2.35 bits per heavy atom. The fourth-order valence-corrected chi connectivity index (χ4v) is 6.71. The molecule has 0 atom stereocenters. The maximum Gasteiger partial charge on any atom is 0.178 e. The van der Waals surface area contributed by atoms with Crippen molar-refractivity contribution in [3.05, 3.63) is 90.7 Å². The molecule has 0 spiro atoms. The number of nitrogens with two attached hydrogens (primary N) is 1. The minimum Gasteiger partial charge on any atom is -0.453 e. The van der Waals surface area contributed by atoms with E-state index in [4.69, 9.17) is 10.5 Å². The Hall–Kier alpha value is -4.16. The average Bonchev–Trinajstić information content (AvgIpc) is 3.04. The van der Waals surface area contributed by atoms with Gasteiger partial charge in [-0.05, 0) is 71.3 Å². The summed E-state index contributed by atoms with van der Waals surface area (Å²) in [5.74, 6) is 0.129. The van der Waals surface area contributed by atoms with Gasteiger partial charge in [-0.2, -0.15) is 0 Å². The molecule has 0 radical (unpaired) electrons. The number of nitrogens with one attached hydrogen (secondary N) is 1. The summed E-state index contributed by atoms with van der Waals surface area (Å²) in [5, 5.41) is 0.804. The Bertz CT molecular complexity index is 1910. The molecule has 0 saturated carbocycles. The SMILES string of the molecule is CCS(=O)(=O)c1ccc(-c2cc3cc(-c4ccc5c(c4)NS(O)(O)c4ccc(F)cc4O5)ccc3nc2N)cc1. The Labute approximate surface area is 231 Å². The van der Waals surface area contributed by atoms with E-state index in [2.05, 4.69) is 9.71 Å². The molecule has 40 heavy (non-hydrogen) atoms. The van der Waals surface area contributed by atoms with Crippen LogP contribution in [0, 0.1) is 5.82 Å². The number of hydrogen-bond donors (Lipinski definition) is 4. The van der Waals surface area contributed by atoms with E-state index in [9.17, 15) is 21.9 Å². The molecule has 0 saturated heterocycles. The van der Waals surface area contributed by atoms with Gasteiger partial charge in [-0.1, -0.05) is 42.0 Å². The van der Waals surface area contributed by atoms with Gasteiger partial charge in [0.05, 0.1) is 21.9 Å². The van der Waals surface area contributed by atoms with E-state index in [0.717, 1.165) is 34.2 Å². The molecule has 0 unspecified atom stereocenters. The van der Waals surface area contributed by atoms with Crippen LogP contribution in [0.5, 0.6) is 11.5 Å². The molecule has 8 nitrogen and oxygen atoms in total. The number of halogens is 1. The van der Waals surface area contributed by atoms with Crippen LogP contribution in [0.1, 0.15) is 6.92 Å². The smallest absolute Gasteiger partial charge is 0.178 e. The predicted molar refractivity (Wildman–Crippen MR) is 156 cm³/mol. The van der Waals surface area contributed by atoms with E-state index in [-0.39, 0.29) is 21.3 Å². The van der Waals surface area contributed by atoms with Crippen LogP contribution >= 0.6 is 10.8 Å². The number of nitrogens with zero attached hydrogens (tertiary/aromatic N) is 1. The van der Waals surface area contributed by atoms with Gasteiger partial charge in [0.25, 0.3) is 0 Å². The second kappa shape index (κ2) is 9.49. The van der Waals surface area contributed by atoms with Crippen molar-refractivity contribution in [2.45, 2.75) is 16.7 Å². The molecule has 1 aromatic heterocycles. The molecule has 204 valence electrons. The maximum atomic E-state index is 13.8. The third-order valence-electron chi connectivity index (χ3n) is 6.75. The quantitative estimate of drug-likeness (QED) is 0.174. The van der Waals surface area contributed by atoms with Gasteiger partial charge in [-0.15, -0.1) is 0 Å². The van der Waals surface area contributed by atoms with Gasteiger partial charge in [-0.25, -0.2) is 17.8 Å². The van der Waals surface area contributed by atoms with Crippen molar-refractivity contribution >= 4 is 43.0 Å². The summed E-state index contributed by atoms with van der Waals surface area (Å²) in [6, 6.07) is 22.9. The maximum absolute atomic E-state index is 13.8. The molecular weight excluding hydrogens is 553 g/mol. The lowest BCUT2D eigenvalue weighted by molar-refractivity contribution is 0.456. The Morgan fingerprint density at radius 2 is 1.60 bits per heavy atom. The number of sulfone groups is 1. The fraction of sp³-hybridized carbons (Fsp3) is 0.0690. The van der Waals surface area contributed by atoms with Gasteiger partial charge >= 0.3 is 0 Å². The molecule has 0 amide bonds. The highest BCUT2D eigenvalue weighted by Gasteiger charge is 2.27. The Morgan fingerprint density at radius 1 is 0.900 bits per heavy atom. The van der Waals surface area contributed by atoms with Crippen molar-refractivity contribution in [3.63, 3.8) is 0 Å². The van der Waals surface area contributed by atoms with Gasteiger partial charge in [0.2, 0.25) is 0 Å². The van der Waals surface area contributed by atoms with Crippen molar-refractivity contribution in [2.24, 2.45) is 0 Å². The van der Waals surface area contributed by atoms with Crippen LogP contribution in [0.3, 0.4) is 0 Å². The van der Waals surface area contributed by atoms with E-state index in [1.165, 1.54) is 6.07 Å². The molecule has 2 heterocycles. The van der Waals surface area contributed by atoms with E-state index in [1.807, 2.05) is 30.3 Å². The number of benzene rings is 4. The van der Waals surface area contributed by atoms with Crippen LogP contribution in [0.15, 0.2) is 94.7 Å². The third kappa shape index (κ3) is 4.62. The van der Waals surface area contributed by atoms with Gasteiger partial charge in [0.1, 0.15) is 16.5 Å². The zero-order chi connectivity index (χ0) is 28.2. The molecule has 5 N–H and O–H groups in total. The van der Waals surface area contributed by atoms with Crippen molar-refractivity contribution in [1.29, 1.82) is 0 Å². The van der Waals surface area contributed by atoms with E-state index in [0.29, 0.717) is 28.3 Å². The number of anilines is 2. The largest absolute Gasteiger partial charge is 0.453 e. The molecular formula is C29H24FN3O5S2. The van der Waals surface area contributed by atoms with Crippen molar-refractivity contribution in [2.75, 3.05) is 16.2 Å². The highest BCUT2D eigenvalue weighted by molar-refractivity contribution is 8.25. The summed E-state index contributed by atoms with van der Waals surface area (Å²) in [6.07, 6.45) is 0. The van der Waals surface area contributed by atoms with Crippen LogP contribution in [-0.2, 0) is 9.84 Å². The Balaban J connectivity index is 1.38. The lowest BCUT2D eigenvalue weighted by Gasteiger charge is -2.32. The van der Waals surface area contributed by atoms with Gasteiger partial charge in [-0.3, -0.25) is 13.8 Å². The summed E-state index contributed by atoms with van der Waals surface area (Å²) >= 11 is 0. The molecule has 4 aromatic carbocycles. The first kappa shape index (κ1) is 26.1. The molecule has 5 aromatic rings. The highest BCUT2D eigenvalue weighted by Crippen LogP contribution is 2.57. The zero-order valence-corrected chi connectivity index (χ0v) is 22.8. The topological polar surface area (TPSA) is 135 Å². The monoisotopic (exact) mass is 577 g/mol. The third-order valence-corrected chi connectivity index (χ3v) is 9.95. The van der Waals surface area contributed by atoms with E-state index < -0.39 is 26.4 Å². The first-order valence-corrected chi connectivity index (χ1v) is 15.5. The summed E-state index contributed by atoms with van der Waals surface area (Å²) in [4.78, 5) is 4.85. The number of aromatic nitrogens is 1. The summed E-state index contributed by atoms with van der Waals surface area (Å²) in [7, 11) is -6.82. The molecule has 1 aliphatic rings. The van der Waals surface area contributed by atoms with E-state index in [1.54, 1.807) is 43.3 Å².